The summed E-state index contributed by atoms with van der Waals surface area (Å²) >= 11 is 2.31. The van der Waals surface area contributed by atoms with E-state index in [1.807, 2.05) is 6.20 Å². The minimum Gasteiger partial charge on any atom is -0.303 e. The molecule has 0 aromatic carbocycles. The number of ketones is 2. The molecule has 6 rings (SSSR count). The molecule has 0 bridgehead atoms. The number of aromatic nitrogens is 4. The second kappa shape index (κ2) is 14.5. The zero-order chi connectivity index (χ0) is 32.1. The quantitative estimate of drug-likeness (QED) is 0.177. The molecule has 2 aromatic heterocycles. The van der Waals surface area contributed by atoms with Crippen molar-refractivity contribution in [3.63, 3.8) is 0 Å². The molecule has 1 atom stereocenters. The van der Waals surface area contributed by atoms with Crippen molar-refractivity contribution in [2.45, 2.75) is 139 Å². The van der Waals surface area contributed by atoms with Crippen LogP contribution in [-0.2, 0) is 40.1 Å². The summed E-state index contributed by atoms with van der Waals surface area (Å²) in [5.74, 6) is 0.269. The third-order valence-electron chi connectivity index (χ3n) is 9.49. The van der Waals surface area contributed by atoms with Crippen LogP contribution in [0.2, 0.25) is 0 Å². The van der Waals surface area contributed by atoms with Gasteiger partial charge in [-0.25, -0.2) is 0 Å². The van der Waals surface area contributed by atoms with Crippen LogP contribution in [0.25, 0.3) is 0 Å². The van der Waals surface area contributed by atoms with Crippen molar-refractivity contribution in [3.8, 4) is 0 Å². The third-order valence-corrected chi connectivity index (χ3v) is 10.4. The van der Waals surface area contributed by atoms with Gasteiger partial charge in [-0.1, -0.05) is 55.4 Å². The maximum absolute atomic E-state index is 11.2. The van der Waals surface area contributed by atoms with Gasteiger partial charge in [0, 0.05) is 36.2 Å². The monoisotopic (exact) mass is 706 g/mol. The van der Waals surface area contributed by atoms with Gasteiger partial charge in [-0.15, -0.1) is 0 Å². The lowest BCUT2D eigenvalue weighted by molar-refractivity contribution is -0.131. The summed E-state index contributed by atoms with van der Waals surface area (Å²) in [6.45, 7) is 17.8. The van der Waals surface area contributed by atoms with E-state index in [4.69, 9.17) is 0 Å². The fourth-order valence-electron chi connectivity index (χ4n) is 6.57. The highest BCUT2D eigenvalue weighted by Gasteiger charge is 2.33. The lowest BCUT2D eigenvalue weighted by atomic mass is 9.73. The highest BCUT2D eigenvalue weighted by atomic mass is 127. The third kappa shape index (κ3) is 11.2. The van der Waals surface area contributed by atoms with Gasteiger partial charge in [0.1, 0.15) is 21.6 Å². The second-order valence-electron chi connectivity index (χ2n) is 16.3. The Morgan fingerprint density at radius 1 is 0.767 bits per heavy atom. The van der Waals surface area contributed by atoms with Crippen LogP contribution >= 0.6 is 22.6 Å². The number of rotatable bonds is 1. The molecule has 2 fully saturated rings. The number of H-pyrrole nitrogens is 2. The Bertz CT molecular complexity index is 1250. The van der Waals surface area contributed by atoms with Crippen LogP contribution < -0.4 is 0 Å². The SMILES string of the molecule is CC1(C)CCC(C=O)C(=O)C1.CC1(C)CCCC(=O)C1.CC1(C)CCc2c(I)n[nH]c2C1.CC1(C)CCc2cn[nH]c2C1. The first-order valence-corrected chi connectivity index (χ1v) is 17.2. The van der Waals surface area contributed by atoms with Gasteiger partial charge in [0.15, 0.2) is 0 Å². The van der Waals surface area contributed by atoms with Crippen molar-refractivity contribution >= 4 is 40.4 Å². The highest BCUT2D eigenvalue weighted by molar-refractivity contribution is 14.1. The van der Waals surface area contributed by atoms with Crippen molar-refractivity contribution in [2.75, 3.05) is 0 Å². The maximum atomic E-state index is 11.2. The average Bonchev–Trinajstić information content (AvgIpc) is 3.48. The topological polar surface area (TPSA) is 109 Å². The van der Waals surface area contributed by atoms with Crippen LogP contribution in [0.4, 0.5) is 0 Å². The molecule has 240 valence electrons. The van der Waals surface area contributed by atoms with Gasteiger partial charge in [0.25, 0.3) is 0 Å². The summed E-state index contributed by atoms with van der Waals surface area (Å²) in [5, 5.41) is 14.5. The number of aromatic amines is 2. The number of hydrogen-bond donors (Lipinski definition) is 2. The first kappa shape index (κ1) is 35.6. The number of hydrogen-bond acceptors (Lipinski definition) is 5. The van der Waals surface area contributed by atoms with Gasteiger partial charge < -0.3 is 4.79 Å². The summed E-state index contributed by atoms with van der Waals surface area (Å²) in [7, 11) is 0. The fraction of sp³-hybridized carbons (Fsp3) is 0.743. The van der Waals surface area contributed by atoms with E-state index in [9.17, 15) is 14.4 Å². The first-order valence-electron chi connectivity index (χ1n) is 16.1. The maximum Gasteiger partial charge on any atom is 0.143 e. The number of carbonyl (C=O) groups is 3. The van der Waals surface area contributed by atoms with E-state index in [1.165, 1.54) is 54.6 Å². The van der Waals surface area contributed by atoms with Crippen LogP contribution in [-0.4, -0.2) is 38.2 Å². The molecule has 0 radical (unpaired) electrons. The number of aldehydes is 1. The molecule has 0 aliphatic heterocycles. The number of fused-ring (bicyclic) bond motifs is 2. The molecule has 43 heavy (non-hydrogen) atoms. The number of aryl methyl sites for hydroxylation is 1. The molecule has 2 N–H and O–H groups in total. The van der Waals surface area contributed by atoms with Crippen LogP contribution in [0.5, 0.6) is 0 Å². The normalized spacial score (nSPS) is 24.3. The average molecular weight is 707 g/mol. The van der Waals surface area contributed by atoms with E-state index in [2.05, 4.69) is 98.4 Å². The minimum absolute atomic E-state index is 0.122. The lowest BCUT2D eigenvalue weighted by Gasteiger charge is -2.30. The molecule has 2 heterocycles. The van der Waals surface area contributed by atoms with E-state index in [-0.39, 0.29) is 17.1 Å². The summed E-state index contributed by atoms with van der Waals surface area (Å²) in [5.41, 5.74) is 6.94. The lowest BCUT2D eigenvalue weighted by Crippen LogP contribution is -2.30. The predicted octanol–water partition coefficient (Wildman–Crippen LogP) is 8.19. The summed E-state index contributed by atoms with van der Waals surface area (Å²) < 4.78 is 1.16. The predicted molar refractivity (Wildman–Crippen MR) is 181 cm³/mol. The van der Waals surface area contributed by atoms with Gasteiger partial charge in [0.05, 0.1) is 12.1 Å². The zero-order valence-corrected chi connectivity index (χ0v) is 30.1. The van der Waals surface area contributed by atoms with E-state index in [0.717, 1.165) is 54.9 Å². The zero-order valence-electron chi connectivity index (χ0n) is 27.9. The Balaban J connectivity index is 0.000000158. The molecule has 4 aliphatic carbocycles. The Morgan fingerprint density at radius 2 is 1.37 bits per heavy atom. The summed E-state index contributed by atoms with van der Waals surface area (Å²) in [6.07, 6.45) is 16.3. The number of Topliss-reactive ketones (excluding diaryl/α,β-unsaturated/α-hetero) is 2. The first-order chi connectivity index (χ1) is 19.9. The van der Waals surface area contributed by atoms with Crippen LogP contribution in [0.3, 0.4) is 0 Å². The molecular weight excluding hydrogens is 651 g/mol. The number of halogens is 1. The Labute approximate surface area is 273 Å². The Hall–Kier alpha value is -1.84. The largest absolute Gasteiger partial charge is 0.303 e. The standard InChI is InChI=1S/C9H13IN2.C9H14N2.C9H14O2.C8H14O/c1-9(2)4-3-6-7(5-9)11-12-8(6)10;1-9(2)4-3-7-6-10-11-8(7)5-9;1-9(2)4-3-7(6-10)8(11)5-9;1-8(2)5-3-4-7(9)6-8/h3-5H2,1-2H3,(H,11,12);6H,3-5H2,1-2H3,(H,10,11);6-7H,3-5H2,1-2H3;3-6H2,1-2H3. The fourth-order valence-corrected chi connectivity index (χ4v) is 7.29. The summed E-state index contributed by atoms with van der Waals surface area (Å²) in [6, 6.07) is 0. The Kier molecular flexibility index (Phi) is 12.0. The molecule has 0 spiro atoms. The van der Waals surface area contributed by atoms with Crippen LogP contribution in [0.1, 0.15) is 136 Å². The van der Waals surface area contributed by atoms with Gasteiger partial charge in [0.2, 0.25) is 0 Å². The van der Waals surface area contributed by atoms with Crippen molar-refractivity contribution in [1.82, 2.24) is 20.4 Å². The highest BCUT2D eigenvalue weighted by Crippen LogP contribution is 2.36. The molecule has 0 amide bonds. The summed E-state index contributed by atoms with van der Waals surface area (Å²) in [4.78, 5) is 32.4. The van der Waals surface area contributed by atoms with Crippen molar-refractivity contribution in [3.05, 3.63) is 32.4 Å². The molecule has 8 heteroatoms. The van der Waals surface area contributed by atoms with Crippen molar-refractivity contribution in [2.24, 2.45) is 27.6 Å². The molecule has 4 aliphatic rings. The van der Waals surface area contributed by atoms with E-state index >= 15 is 0 Å². The second-order valence-corrected chi connectivity index (χ2v) is 17.4. The van der Waals surface area contributed by atoms with Crippen molar-refractivity contribution in [1.29, 1.82) is 0 Å². The smallest absolute Gasteiger partial charge is 0.143 e. The molecule has 1 unspecified atom stereocenters. The molecular formula is C35H55IN4O3. The van der Waals surface area contributed by atoms with Gasteiger partial charge in [-0.3, -0.25) is 19.8 Å². The van der Waals surface area contributed by atoms with E-state index in [0.29, 0.717) is 28.4 Å². The van der Waals surface area contributed by atoms with E-state index in [1.54, 1.807) is 0 Å². The van der Waals surface area contributed by atoms with Crippen LogP contribution in [0.15, 0.2) is 6.20 Å². The van der Waals surface area contributed by atoms with E-state index < -0.39 is 0 Å². The number of carbonyl (C=O) groups excluding carboxylic acids is 3. The number of nitrogens with one attached hydrogen (secondary N) is 2. The molecule has 2 saturated carbocycles. The Morgan fingerprint density at radius 3 is 1.95 bits per heavy atom. The van der Waals surface area contributed by atoms with Crippen LogP contribution in [0, 0.1) is 31.3 Å². The van der Waals surface area contributed by atoms with Gasteiger partial charge >= 0.3 is 0 Å². The molecule has 2 aromatic rings. The van der Waals surface area contributed by atoms with Gasteiger partial charge in [-0.05, 0) is 114 Å². The van der Waals surface area contributed by atoms with Crippen molar-refractivity contribution < 1.29 is 14.4 Å². The van der Waals surface area contributed by atoms with Gasteiger partial charge in [-0.2, -0.15) is 10.2 Å². The molecule has 7 nitrogen and oxygen atoms in total. The molecule has 0 saturated heterocycles. The number of nitrogens with zero attached hydrogens (tertiary/aromatic N) is 2. The minimum atomic E-state index is -0.303.